The van der Waals surface area contributed by atoms with Gasteiger partial charge < -0.3 is 10.1 Å². The summed E-state index contributed by atoms with van der Waals surface area (Å²) in [5, 5.41) is 13.3. The summed E-state index contributed by atoms with van der Waals surface area (Å²) in [6, 6.07) is 7.36. The number of hydrogen-bond donors (Lipinski definition) is 1. The van der Waals surface area contributed by atoms with Crippen molar-refractivity contribution in [2.24, 2.45) is 0 Å². The van der Waals surface area contributed by atoms with Gasteiger partial charge in [0.15, 0.2) is 5.75 Å². The van der Waals surface area contributed by atoms with E-state index < -0.39 is 22.7 Å². The van der Waals surface area contributed by atoms with Gasteiger partial charge in [-0.1, -0.05) is 23.7 Å². The number of nitro groups is 1. The molecule has 2 rings (SSSR count). The zero-order chi connectivity index (χ0) is 16.3. The van der Waals surface area contributed by atoms with Crippen molar-refractivity contribution in [3.8, 4) is 5.75 Å². The maximum absolute atomic E-state index is 12.3. The zero-order valence-corrected chi connectivity index (χ0v) is 11.4. The largest absolute Gasteiger partial charge is 0.573 e. The quantitative estimate of drug-likeness (QED) is 0.513. The summed E-state index contributed by atoms with van der Waals surface area (Å²) in [5.74, 6) is -0.846. The van der Waals surface area contributed by atoms with Crippen LogP contribution in [-0.2, 0) is 0 Å². The lowest BCUT2D eigenvalue weighted by Gasteiger charge is -2.14. The van der Waals surface area contributed by atoms with Crippen LogP contribution in [0, 0.1) is 10.1 Å². The van der Waals surface area contributed by atoms with Gasteiger partial charge in [0.1, 0.15) is 5.15 Å². The van der Waals surface area contributed by atoms with Crippen LogP contribution in [0.2, 0.25) is 5.15 Å². The van der Waals surface area contributed by atoms with Crippen molar-refractivity contribution in [3.05, 3.63) is 51.7 Å². The molecule has 10 heteroatoms. The van der Waals surface area contributed by atoms with Crippen molar-refractivity contribution in [2.75, 3.05) is 5.32 Å². The van der Waals surface area contributed by atoms with Crippen LogP contribution >= 0.6 is 11.6 Å². The lowest BCUT2D eigenvalue weighted by atomic mass is 10.3. The van der Waals surface area contributed by atoms with Crippen LogP contribution in [0.25, 0.3) is 0 Å². The maximum atomic E-state index is 12.3. The molecule has 0 atom stereocenters. The highest BCUT2D eigenvalue weighted by Gasteiger charge is 2.32. The fraction of sp³-hybridized carbons (Fsp3) is 0.0833. The van der Waals surface area contributed by atoms with E-state index in [-0.39, 0.29) is 16.7 Å². The van der Waals surface area contributed by atoms with E-state index >= 15 is 0 Å². The zero-order valence-electron chi connectivity index (χ0n) is 10.6. The molecule has 22 heavy (non-hydrogen) atoms. The molecule has 0 saturated heterocycles. The summed E-state index contributed by atoms with van der Waals surface area (Å²) < 4.78 is 40.9. The number of rotatable bonds is 4. The minimum absolute atomic E-state index is 0.0534. The Hall–Kier alpha value is -2.55. The molecule has 1 aromatic heterocycles. The third-order valence-electron chi connectivity index (χ3n) is 2.40. The average molecular weight is 334 g/mol. The average Bonchev–Trinajstić information content (AvgIpc) is 2.39. The molecule has 0 spiro atoms. The molecule has 0 aliphatic heterocycles. The van der Waals surface area contributed by atoms with Crippen molar-refractivity contribution in [1.82, 2.24) is 4.98 Å². The van der Waals surface area contributed by atoms with Gasteiger partial charge in [0.2, 0.25) is 5.82 Å². The van der Waals surface area contributed by atoms with E-state index in [1.54, 1.807) is 0 Å². The number of pyridine rings is 1. The molecule has 0 bridgehead atoms. The highest BCUT2D eigenvalue weighted by atomic mass is 35.5. The molecule has 1 aromatic carbocycles. The Morgan fingerprint density at radius 1 is 1.23 bits per heavy atom. The Kier molecular flexibility index (Phi) is 4.36. The van der Waals surface area contributed by atoms with E-state index in [4.69, 9.17) is 11.6 Å². The summed E-state index contributed by atoms with van der Waals surface area (Å²) in [4.78, 5) is 13.9. The molecular weight excluding hydrogens is 327 g/mol. The SMILES string of the molecule is O=[N+]([O-])c1ccc(Cl)nc1Nc1ccccc1OC(F)(F)F. The minimum atomic E-state index is -4.90. The molecular formula is C12H7ClF3N3O3. The summed E-state index contributed by atoms with van der Waals surface area (Å²) in [6.45, 7) is 0. The number of benzene rings is 1. The molecule has 1 heterocycles. The number of hydrogen-bond acceptors (Lipinski definition) is 5. The van der Waals surface area contributed by atoms with Gasteiger partial charge >= 0.3 is 12.0 Å². The topological polar surface area (TPSA) is 77.3 Å². The van der Waals surface area contributed by atoms with E-state index in [0.717, 1.165) is 12.1 Å². The first-order valence-electron chi connectivity index (χ1n) is 5.69. The molecule has 6 nitrogen and oxygen atoms in total. The van der Waals surface area contributed by atoms with Crippen molar-refractivity contribution in [1.29, 1.82) is 0 Å². The first-order chi connectivity index (χ1) is 10.3. The maximum Gasteiger partial charge on any atom is 0.573 e. The van der Waals surface area contributed by atoms with Crippen LogP contribution in [0.15, 0.2) is 36.4 Å². The van der Waals surface area contributed by atoms with Crippen molar-refractivity contribution in [3.63, 3.8) is 0 Å². The van der Waals surface area contributed by atoms with Gasteiger partial charge in [0.25, 0.3) is 0 Å². The fourth-order valence-electron chi connectivity index (χ4n) is 1.58. The second kappa shape index (κ2) is 6.06. The van der Waals surface area contributed by atoms with Crippen LogP contribution in [0.3, 0.4) is 0 Å². The second-order valence-corrected chi connectivity index (χ2v) is 4.32. The molecule has 0 aliphatic rings. The monoisotopic (exact) mass is 333 g/mol. The third kappa shape index (κ3) is 3.98. The van der Waals surface area contributed by atoms with Gasteiger partial charge in [0.05, 0.1) is 10.6 Å². The Balaban J connectivity index is 2.40. The molecule has 1 N–H and O–H groups in total. The van der Waals surface area contributed by atoms with Gasteiger partial charge in [-0.05, 0) is 18.2 Å². The Labute approximate surface area is 126 Å². The molecule has 0 fully saturated rings. The van der Waals surface area contributed by atoms with Gasteiger partial charge in [-0.2, -0.15) is 0 Å². The van der Waals surface area contributed by atoms with Crippen LogP contribution in [-0.4, -0.2) is 16.3 Å². The van der Waals surface area contributed by atoms with Crippen molar-refractivity contribution < 1.29 is 22.8 Å². The summed E-state index contributed by atoms with van der Waals surface area (Å²) in [6.07, 6.45) is -4.90. The Bertz CT molecular complexity index is 710. The molecule has 0 amide bonds. The van der Waals surface area contributed by atoms with Crippen molar-refractivity contribution in [2.45, 2.75) is 6.36 Å². The molecule has 116 valence electrons. The number of nitrogens with zero attached hydrogens (tertiary/aromatic N) is 2. The lowest BCUT2D eigenvalue weighted by molar-refractivity contribution is -0.384. The molecule has 2 aromatic rings. The van der Waals surface area contributed by atoms with Crippen molar-refractivity contribution >= 4 is 28.8 Å². The van der Waals surface area contributed by atoms with Crippen LogP contribution in [0.5, 0.6) is 5.75 Å². The minimum Gasteiger partial charge on any atom is -0.404 e. The van der Waals surface area contributed by atoms with E-state index in [1.807, 2.05) is 0 Å². The predicted molar refractivity (Wildman–Crippen MR) is 72.3 cm³/mol. The second-order valence-electron chi connectivity index (χ2n) is 3.93. The Morgan fingerprint density at radius 3 is 2.55 bits per heavy atom. The first-order valence-corrected chi connectivity index (χ1v) is 6.07. The van der Waals surface area contributed by atoms with Gasteiger partial charge in [-0.15, -0.1) is 13.2 Å². The van der Waals surface area contributed by atoms with E-state index in [1.165, 1.54) is 24.3 Å². The third-order valence-corrected chi connectivity index (χ3v) is 2.61. The number of nitrogens with one attached hydrogen (secondary N) is 1. The molecule has 0 radical (unpaired) electrons. The van der Waals surface area contributed by atoms with Gasteiger partial charge in [0, 0.05) is 6.07 Å². The molecule has 0 saturated carbocycles. The van der Waals surface area contributed by atoms with Crippen LogP contribution < -0.4 is 10.1 Å². The number of aromatic nitrogens is 1. The fourth-order valence-corrected chi connectivity index (χ4v) is 1.73. The number of alkyl halides is 3. The van der Waals surface area contributed by atoms with Crippen LogP contribution in [0.1, 0.15) is 0 Å². The summed E-state index contributed by atoms with van der Waals surface area (Å²) in [7, 11) is 0. The van der Waals surface area contributed by atoms with Gasteiger partial charge in [-0.3, -0.25) is 10.1 Å². The smallest absolute Gasteiger partial charge is 0.404 e. The van der Waals surface area contributed by atoms with Gasteiger partial charge in [-0.25, -0.2) is 4.98 Å². The predicted octanol–water partition coefficient (Wildman–Crippen LogP) is 4.29. The number of anilines is 2. The first kappa shape index (κ1) is 15.8. The number of halogens is 4. The highest BCUT2D eigenvalue weighted by molar-refractivity contribution is 6.29. The van der Waals surface area contributed by atoms with E-state index in [0.29, 0.717) is 0 Å². The Morgan fingerprint density at radius 2 is 1.91 bits per heavy atom. The van der Waals surface area contributed by atoms with Crippen LogP contribution in [0.4, 0.5) is 30.4 Å². The van der Waals surface area contributed by atoms with E-state index in [9.17, 15) is 23.3 Å². The van der Waals surface area contributed by atoms with E-state index in [2.05, 4.69) is 15.0 Å². The number of para-hydroxylation sites is 2. The standard InChI is InChI=1S/C12H7ClF3N3O3/c13-10-6-5-8(19(20)21)11(18-10)17-7-3-1-2-4-9(7)22-12(14,15)16/h1-6H,(H,17,18). The molecule has 0 unspecified atom stereocenters. The number of ether oxygens (including phenoxy) is 1. The summed E-state index contributed by atoms with van der Waals surface area (Å²) >= 11 is 5.65. The lowest BCUT2D eigenvalue weighted by Crippen LogP contribution is -2.18. The molecule has 0 aliphatic carbocycles. The summed E-state index contributed by atoms with van der Waals surface area (Å²) in [5.41, 5.74) is -0.580. The normalized spacial score (nSPS) is 11.1. The highest BCUT2D eigenvalue weighted by Crippen LogP contribution is 2.34.